The first-order valence-corrected chi connectivity index (χ1v) is 10.0. The molecule has 138 valence electrons. The molecule has 0 saturated carbocycles. The largest absolute Gasteiger partial charge is 0.351 e. The van der Waals surface area contributed by atoms with Crippen molar-refractivity contribution in [3.63, 3.8) is 0 Å². The lowest BCUT2D eigenvalue weighted by atomic mass is 10.2. The summed E-state index contributed by atoms with van der Waals surface area (Å²) in [4.78, 5) is 12.1. The Kier molecular flexibility index (Phi) is 8.91. The average Bonchev–Trinajstić information content (AvgIpc) is 3.10. The van der Waals surface area contributed by atoms with Gasteiger partial charge in [-0.1, -0.05) is 19.1 Å². The van der Waals surface area contributed by atoms with Gasteiger partial charge in [0.15, 0.2) is 0 Å². The van der Waals surface area contributed by atoms with E-state index < -0.39 is 10.0 Å². The Bertz CT molecular complexity index is 765. The third kappa shape index (κ3) is 6.66. The van der Waals surface area contributed by atoms with Gasteiger partial charge < -0.3 is 10.6 Å². The number of carbonyl (C=O) groups excluding carboxylic acids is 1. The quantitative estimate of drug-likeness (QED) is 0.562. The van der Waals surface area contributed by atoms with Gasteiger partial charge in [-0.25, -0.2) is 8.42 Å². The Balaban J connectivity index is 0.00000312. The summed E-state index contributed by atoms with van der Waals surface area (Å²) in [6.07, 6.45) is 1.04. The first-order chi connectivity index (χ1) is 11.5. The Morgan fingerprint density at radius 3 is 2.60 bits per heavy atom. The molecule has 1 aromatic heterocycles. The maximum absolute atomic E-state index is 12.2. The smallest absolute Gasteiger partial charge is 0.271 e. The molecule has 0 aliphatic rings. The zero-order chi connectivity index (χ0) is 17.4. The predicted molar refractivity (Wildman–Crippen MR) is 104 cm³/mol. The molecular weight excluding hydrogens is 382 g/mol. The number of benzene rings is 1. The van der Waals surface area contributed by atoms with Crippen molar-refractivity contribution >= 4 is 45.4 Å². The molecule has 9 heteroatoms. The molecule has 1 aromatic carbocycles. The summed E-state index contributed by atoms with van der Waals surface area (Å²) in [5.74, 6) is -0.231. The van der Waals surface area contributed by atoms with Gasteiger partial charge in [-0.05, 0) is 42.6 Å². The molecule has 0 bridgehead atoms. The lowest BCUT2D eigenvalue weighted by molar-refractivity contribution is 0.0954. The third-order valence-electron chi connectivity index (χ3n) is 3.15. The number of sulfonamides is 1. The van der Waals surface area contributed by atoms with Crippen molar-refractivity contribution < 1.29 is 13.2 Å². The van der Waals surface area contributed by atoms with Crippen LogP contribution in [-0.2, 0) is 10.0 Å². The molecule has 25 heavy (non-hydrogen) atoms. The zero-order valence-corrected chi connectivity index (χ0v) is 16.3. The molecule has 1 amide bonds. The highest BCUT2D eigenvalue weighted by molar-refractivity contribution is 7.94. The lowest BCUT2D eigenvalue weighted by Crippen LogP contribution is -2.32. The Morgan fingerprint density at radius 2 is 1.92 bits per heavy atom. The molecular formula is C16H22ClN3O3S2. The van der Waals surface area contributed by atoms with Gasteiger partial charge in [-0.15, -0.1) is 23.7 Å². The highest BCUT2D eigenvalue weighted by atomic mass is 35.5. The van der Waals surface area contributed by atoms with Gasteiger partial charge in [-0.3, -0.25) is 9.52 Å². The highest BCUT2D eigenvalue weighted by Crippen LogP contribution is 2.20. The van der Waals surface area contributed by atoms with Crippen molar-refractivity contribution in [1.82, 2.24) is 10.6 Å². The summed E-state index contributed by atoms with van der Waals surface area (Å²) in [6, 6.07) is 9.65. The van der Waals surface area contributed by atoms with E-state index in [1.54, 1.807) is 29.6 Å². The van der Waals surface area contributed by atoms with Gasteiger partial charge in [0, 0.05) is 24.3 Å². The number of carbonyl (C=O) groups is 1. The third-order valence-corrected chi connectivity index (χ3v) is 5.93. The van der Waals surface area contributed by atoms with E-state index in [1.807, 2.05) is 0 Å². The van der Waals surface area contributed by atoms with Crippen molar-refractivity contribution in [3.05, 3.63) is 47.3 Å². The number of halogens is 1. The maximum Gasteiger partial charge on any atom is 0.271 e. The SMILES string of the molecule is CCCNCCNC(=O)c1cccc(NS(=O)(=O)c2cccs2)c1.Cl. The molecule has 2 aromatic rings. The van der Waals surface area contributed by atoms with Gasteiger partial charge in [0.2, 0.25) is 0 Å². The Hall–Kier alpha value is -1.61. The minimum absolute atomic E-state index is 0. The lowest BCUT2D eigenvalue weighted by Gasteiger charge is -2.09. The number of hydrogen-bond donors (Lipinski definition) is 3. The molecule has 2 rings (SSSR count). The topological polar surface area (TPSA) is 87.3 Å². The van der Waals surface area contributed by atoms with Crippen LogP contribution in [0.4, 0.5) is 5.69 Å². The van der Waals surface area contributed by atoms with Gasteiger partial charge >= 0.3 is 0 Å². The van der Waals surface area contributed by atoms with Gasteiger partial charge in [0.05, 0.1) is 0 Å². The minimum atomic E-state index is -3.61. The second kappa shape index (κ2) is 10.4. The number of thiophene rings is 1. The first kappa shape index (κ1) is 21.4. The molecule has 0 saturated heterocycles. The molecule has 6 nitrogen and oxygen atoms in total. The number of nitrogens with one attached hydrogen (secondary N) is 3. The van der Waals surface area contributed by atoms with Gasteiger partial charge in [-0.2, -0.15) is 0 Å². The van der Waals surface area contributed by atoms with E-state index in [0.29, 0.717) is 24.3 Å². The molecule has 0 atom stereocenters. The van der Waals surface area contributed by atoms with E-state index in [-0.39, 0.29) is 22.5 Å². The molecule has 0 aliphatic heterocycles. The van der Waals surface area contributed by atoms with Crippen LogP contribution in [0.1, 0.15) is 23.7 Å². The van der Waals surface area contributed by atoms with Crippen LogP contribution < -0.4 is 15.4 Å². The summed E-state index contributed by atoms with van der Waals surface area (Å²) >= 11 is 1.14. The molecule has 0 spiro atoms. The van der Waals surface area contributed by atoms with E-state index >= 15 is 0 Å². The van der Waals surface area contributed by atoms with Crippen molar-refractivity contribution in [2.75, 3.05) is 24.4 Å². The van der Waals surface area contributed by atoms with Crippen LogP contribution >= 0.6 is 23.7 Å². The summed E-state index contributed by atoms with van der Waals surface area (Å²) in [7, 11) is -3.61. The Labute approximate surface area is 158 Å². The van der Waals surface area contributed by atoms with E-state index in [9.17, 15) is 13.2 Å². The molecule has 0 radical (unpaired) electrons. The highest BCUT2D eigenvalue weighted by Gasteiger charge is 2.15. The fourth-order valence-corrected chi connectivity index (χ4v) is 4.06. The fraction of sp³-hybridized carbons (Fsp3) is 0.312. The summed E-state index contributed by atoms with van der Waals surface area (Å²) in [6.45, 7) is 4.21. The van der Waals surface area contributed by atoms with Crippen molar-refractivity contribution in [3.8, 4) is 0 Å². The number of hydrogen-bond acceptors (Lipinski definition) is 5. The molecule has 0 aliphatic carbocycles. The van der Waals surface area contributed by atoms with E-state index in [2.05, 4.69) is 22.3 Å². The summed E-state index contributed by atoms with van der Waals surface area (Å²) in [5.41, 5.74) is 0.775. The van der Waals surface area contributed by atoms with E-state index in [1.165, 1.54) is 12.1 Å². The Morgan fingerprint density at radius 1 is 1.12 bits per heavy atom. The number of anilines is 1. The van der Waals surface area contributed by atoms with E-state index in [4.69, 9.17) is 0 Å². The van der Waals surface area contributed by atoms with Crippen LogP contribution in [0.3, 0.4) is 0 Å². The standard InChI is InChI=1S/C16H21N3O3S2.ClH/c1-2-8-17-9-10-18-16(20)13-5-3-6-14(12-13)19-24(21,22)15-7-4-11-23-15;/h3-7,11-12,17,19H,2,8-10H2,1H3,(H,18,20);1H. The fourth-order valence-electron chi connectivity index (χ4n) is 2.01. The van der Waals surface area contributed by atoms with Crippen LogP contribution in [0.15, 0.2) is 46.0 Å². The van der Waals surface area contributed by atoms with E-state index in [0.717, 1.165) is 24.3 Å². The van der Waals surface area contributed by atoms with Crippen LogP contribution in [-0.4, -0.2) is 34.0 Å². The molecule has 0 unspecified atom stereocenters. The van der Waals surface area contributed by atoms with Crippen molar-refractivity contribution in [2.24, 2.45) is 0 Å². The second-order valence-corrected chi connectivity index (χ2v) is 7.98. The van der Waals surface area contributed by atoms with Crippen molar-refractivity contribution in [1.29, 1.82) is 0 Å². The molecule has 0 fully saturated rings. The van der Waals surface area contributed by atoms with Crippen LogP contribution in [0.2, 0.25) is 0 Å². The predicted octanol–water partition coefficient (Wildman–Crippen LogP) is 2.70. The number of amides is 1. The van der Waals surface area contributed by atoms with Gasteiger partial charge in [0.25, 0.3) is 15.9 Å². The maximum atomic E-state index is 12.2. The average molecular weight is 404 g/mol. The summed E-state index contributed by atoms with van der Waals surface area (Å²) < 4.78 is 27.1. The molecule has 1 heterocycles. The monoisotopic (exact) mass is 403 g/mol. The second-order valence-electron chi connectivity index (χ2n) is 5.12. The zero-order valence-electron chi connectivity index (χ0n) is 13.8. The first-order valence-electron chi connectivity index (χ1n) is 7.68. The van der Waals surface area contributed by atoms with Gasteiger partial charge in [0.1, 0.15) is 4.21 Å². The van der Waals surface area contributed by atoms with Crippen LogP contribution in [0, 0.1) is 0 Å². The normalized spacial score (nSPS) is 10.8. The van der Waals surface area contributed by atoms with Crippen molar-refractivity contribution in [2.45, 2.75) is 17.6 Å². The van der Waals surface area contributed by atoms with Crippen LogP contribution in [0.25, 0.3) is 0 Å². The molecule has 3 N–H and O–H groups in total. The number of rotatable bonds is 9. The minimum Gasteiger partial charge on any atom is -0.351 e. The van der Waals surface area contributed by atoms with Crippen LogP contribution in [0.5, 0.6) is 0 Å². The summed E-state index contributed by atoms with van der Waals surface area (Å²) in [5, 5.41) is 7.69.